The topological polar surface area (TPSA) is 9.86 Å². The molecule has 0 bridgehead atoms. The van der Waals surface area contributed by atoms with Gasteiger partial charge in [-0.3, -0.25) is 0 Å². The molecule has 0 radical (unpaired) electrons. The fourth-order valence-electron chi connectivity index (χ4n) is 9.39. The molecule has 270 valence electrons. The summed E-state index contributed by atoms with van der Waals surface area (Å²) < 4.78 is 4.87. The number of benzene rings is 9. The first-order valence-corrected chi connectivity index (χ1v) is 20.0. The Morgan fingerprint density at radius 2 is 0.947 bits per heavy atom. The third-order valence-corrected chi connectivity index (χ3v) is 12.0. The largest absolute Gasteiger partial charge is 0.309 e. The molecule has 2 heterocycles. The van der Waals surface area contributed by atoms with Gasteiger partial charge in [0.05, 0.1) is 27.8 Å². The quantitative estimate of drug-likeness (QED) is 0.161. The molecule has 0 fully saturated rings. The van der Waals surface area contributed by atoms with Crippen LogP contribution in [-0.4, -0.2) is 9.13 Å². The van der Waals surface area contributed by atoms with Gasteiger partial charge in [0.25, 0.3) is 0 Å². The molecule has 0 aliphatic rings. The Balaban J connectivity index is 1.12. The molecule has 0 aliphatic carbocycles. The number of hydrogen-bond donors (Lipinski definition) is 0. The van der Waals surface area contributed by atoms with Crippen LogP contribution in [0, 0.1) is 6.92 Å². The predicted octanol–water partition coefficient (Wildman–Crippen LogP) is 14.9. The summed E-state index contributed by atoms with van der Waals surface area (Å²) in [6, 6.07) is 71.6. The number of nitrogens with zero attached hydrogens (tertiary/aromatic N) is 2. The molecule has 0 saturated heterocycles. The van der Waals surface area contributed by atoms with Crippen molar-refractivity contribution in [3.8, 4) is 44.8 Å². The molecule has 0 spiro atoms. The zero-order chi connectivity index (χ0) is 38.0. The van der Waals surface area contributed by atoms with Crippen LogP contribution in [0.1, 0.15) is 18.1 Å². The Kier molecular flexibility index (Phi) is 7.72. The van der Waals surface area contributed by atoms with Crippen molar-refractivity contribution in [2.75, 3.05) is 0 Å². The zero-order valence-electron chi connectivity index (χ0n) is 32.1. The third kappa shape index (κ3) is 5.25. The lowest BCUT2D eigenvalue weighted by Crippen LogP contribution is -1.98. The highest BCUT2D eigenvalue weighted by molar-refractivity contribution is 6.13. The number of rotatable bonds is 6. The van der Waals surface area contributed by atoms with E-state index >= 15 is 0 Å². The summed E-state index contributed by atoms with van der Waals surface area (Å²) in [4.78, 5) is 0. The van der Waals surface area contributed by atoms with Gasteiger partial charge in [-0.2, -0.15) is 0 Å². The minimum absolute atomic E-state index is 0.987. The molecular weight excluding hydrogens is 689 g/mol. The van der Waals surface area contributed by atoms with E-state index in [1.165, 1.54) is 110 Å². The van der Waals surface area contributed by atoms with E-state index in [0.29, 0.717) is 0 Å². The molecule has 0 aliphatic heterocycles. The zero-order valence-corrected chi connectivity index (χ0v) is 32.1. The molecule has 0 N–H and O–H groups in total. The van der Waals surface area contributed by atoms with Gasteiger partial charge in [0.1, 0.15) is 0 Å². The summed E-state index contributed by atoms with van der Waals surface area (Å²) in [5.74, 6) is 0. The fraction of sp³-hybridized carbons (Fsp3) is 0.0545. The van der Waals surface area contributed by atoms with Crippen LogP contribution in [0.4, 0.5) is 0 Å². The fourth-order valence-corrected chi connectivity index (χ4v) is 9.39. The monoisotopic (exact) mass is 728 g/mol. The Hall–Kier alpha value is -7.16. The molecule has 0 atom stereocenters. The highest BCUT2D eigenvalue weighted by Crippen LogP contribution is 2.43. The molecule has 9 aromatic carbocycles. The minimum atomic E-state index is 0.987. The molecule has 2 heteroatoms. The van der Waals surface area contributed by atoms with Crippen molar-refractivity contribution in [3.63, 3.8) is 0 Å². The molecule has 11 rings (SSSR count). The van der Waals surface area contributed by atoms with Crippen LogP contribution < -0.4 is 0 Å². The molecule has 11 aromatic rings. The molecule has 2 aromatic heterocycles. The average molecular weight is 729 g/mol. The van der Waals surface area contributed by atoms with Crippen LogP contribution in [0.25, 0.3) is 99.1 Å². The summed E-state index contributed by atoms with van der Waals surface area (Å²) in [5, 5.41) is 7.48. The van der Waals surface area contributed by atoms with Crippen molar-refractivity contribution in [2.24, 2.45) is 0 Å². The van der Waals surface area contributed by atoms with Crippen molar-refractivity contribution >= 4 is 54.4 Å². The molecule has 2 nitrogen and oxygen atoms in total. The van der Waals surface area contributed by atoms with E-state index in [9.17, 15) is 0 Å². The summed E-state index contributed by atoms with van der Waals surface area (Å²) in [7, 11) is 0. The lowest BCUT2D eigenvalue weighted by atomic mass is 9.87. The maximum atomic E-state index is 2.49. The van der Waals surface area contributed by atoms with Crippen LogP contribution in [0.5, 0.6) is 0 Å². The van der Waals surface area contributed by atoms with E-state index in [2.05, 4.69) is 217 Å². The van der Waals surface area contributed by atoms with E-state index in [4.69, 9.17) is 0 Å². The number of para-hydroxylation sites is 3. The van der Waals surface area contributed by atoms with Crippen molar-refractivity contribution < 1.29 is 0 Å². The molecule has 0 saturated carbocycles. The maximum absolute atomic E-state index is 2.49. The smallest absolute Gasteiger partial charge is 0.0546 e. The molecule has 0 unspecified atom stereocenters. The van der Waals surface area contributed by atoms with Crippen LogP contribution in [0.2, 0.25) is 0 Å². The minimum Gasteiger partial charge on any atom is -0.309 e. The van der Waals surface area contributed by atoms with Crippen LogP contribution in [0.3, 0.4) is 0 Å². The van der Waals surface area contributed by atoms with Crippen molar-refractivity contribution in [1.82, 2.24) is 9.13 Å². The number of hydrogen-bond acceptors (Lipinski definition) is 0. The Morgan fingerprint density at radius 3 is 1.67 bits per heavy atom. The maximum Gasteiger partial charge on any atom is 0.0546 e. The highest BCUT2D eigenvalue weighted by Gasteiger charge is 2.20. The van der Waals surface area contributed by atoms with Gasteiger partial charge in [-0.15, -0.1) is 0 Å². The summed E-state index contributed by atoms with van der Waals surface area (Å²) in [5.41, 5.74) is 17.4. The second kappa shape index (κ2) is 13.3. The lowest BCUT2D eigenvalue weighted by molar-refractivity contribution is 1.14. The standard InChI is InChI=1S/C55H40N2/c1-3-37-17-7-10-22-44(37)55-36(2)16-15-25-45(55)41-32-40-18-8-9-21-43(40)54(35-41)57-51-27-14-12-24-47(51)49-34-39(29-31-53(49)57)38-28-30-52-48(33-38)46-23-11-13-26-50(46)56(52)42-19-5-4-6-20-42/h4-35H,3H2,1-2H3. The lowest BCUT2D eigenvalue weighted by Gasteiger charge is -2.19. The van der Waals surface area contributed by atoms with Crippen molar-refractivity contribution in [2.45, 2.75) is 20.3 Å². The normalized spacial score (nSPS) is 11.8. The highest BCUT2D eigenvalue weighted by atomic mass is 15.0. The van der Waals surface area contributed by atoms with Gasteiger partial charge in [-0.05, 0) is 124 Å². The summed E-state index contributed by atoms with van der Waals surface area (Å²) in [6.45, 7) is 4.50. The van der Waals surface area contributed by atoms with E-state index < -0.39 is 0 Å². The van der Waals surface area contributed by atoms with Crippen molar-refractivity contribution in [3.05, 3.63) is 205 Å². The van der Waals surface area contributed by atoms with Crippen LogP contribution in [0.15, 0.2) is 194 Å². The van der Waals surface area contributed by atoms with Gasteiger partial charge in [0, 0.05) is 32.6 Å². The summed E-state index contributed by atoms with van der Waals surface area (Å²) in [6.07, 6.45) is 0.987. The van der Waals surface area contributed by atoms with E-state index in [0.717, 1.165) is 6.42 Å². The second-order valence-corrected chi connectivity index (χ2v) is 15.2. The van der Waals surface area contributed by atoms with Gasteiger partial charge in [0.15, 0.2) is 0 Å². The van der Waals surface area contributed by atoms with E-state index in [-0.39, 0.29) is 0 Å². The first-order chi connectivity index (χ1) is 28.2. The van der Waals surface area contributed by atoms with Gasteiger partial charge in [-0.25, -0.2) is 0 Å². The Morgan fingerprint density at radius 1 is 0.386 bits per heavy atom. The Labute approximate surface area is 332 Å². The third-order valence-electron chi connectivity index (χ3n) is 12.0. The average Bonchev–Trinajstić information content (AvgIpc) is 3.78. The van der Waals surface area contributed by atoms with E-state index in [1.807, 2.05) is 0 Å². The Bertz CT molecular complexity index is 3340. The predicted molar refractivity (Wildman–Crippen MR) is 243 cm³/mol. The molecular formula is C55H40N2. The SMILES string of the molecule is CCc1ccccc1-c1c(C)cccc1-c1cc(-n2c3ccccc3c3cc(-c4ccc5c(c4)c4ccccc4n5-c4ccccc4)ccc32)c2ccccc2c1. The number of aromatic nitrogens is 2. The molecule has 0 amide bonds. The number of aryl methyl sites for hydroxylation is 2. The van der Waals surface area contributed by atoms with Crippen molar-refractivity contribution in [1.29, 1.82) is 0 Å². The van der Waals surface area contributed by atoms with Crippen LogP contribution in [-0.2, 0) is 6.42 Å². The van der Waals surface area contributed by atoms with Gasteiger partial charge >= 0.3 is 0 Å². The first kappa shape index (κ1) is 33.2. The summed E-state index contributed by atoms with van der Waals surface area (Å²) >= 11 is 0. The van der Waals surface area contributed by atoms with Gasteiger partial charge < -0.3 is 9.13 Å². The first-order valence-electron chi connectivity index (χ1n) is 20.0. The van der Waals surface area contributed by atoms with Crippen LogP contribution >= 0.6 is 0 Å². The molecule has 57 heavy (non-hydrogen) atoms. The van der Waals surface area contributed by atoms with E-state index in [1.54, 1.807) is 0 Å². The number of fused-ring (bicyclic) bond motifs is 7. The second-order valence-electron chi connectivity index (χ2n) is 15.2. The van der Waals surface area contributed by atoms with Gasteiger partial charge in [-0.1, -0.05) is 140 Å². The van der Waals surface area contributed by atoms with Gasteiger partial charge in [0.2, 0.25) is 0 Å².